The lowest BCUT2D eigenvalue weighted by Gasteiger charge is -2.12. The molecule has 2 aromatic carbocycles. The Kier molecular flexibility index (Phi) is 10.7. The number of halogens is 1. The van der Waals surface area contributed by atoms with Crippen LogP contribution < -0.4 is 20.7 Å². The van der Waals surface area contributed by atoms with Crippen LogP contribution in [-0.2, 0) is 9.59 Å². The van der Waals surface area contributed by atoms with Crippen molar-refractivity contribution in [3.8, 4) is 5.75 Å². The van der Waals surface area contributed by atoms with E-state index in [1.807, 2.05) is 31.2 Å². The van der Waals surface area contributed by atoms with E-state index >= 15 is 0 Å². The molecule has 0 saturated heterocycles. The number of benzene rings is 2. The van der Waals surface area contributed by atoms with Gasteiger partial charge >= 0.3 is 0 Å². The quantitative estimate of drug-likeness (QED) is 0.326. The average molecular weight is 446 g/mol. The van der Waals surface area contributed by atoms with Crippen molar-refractivity contribution in [3.05, 3.63) is 47.5 Å². The smallest absolute Gasteiger partial charge is 0.243 e. The Morgan fingerprint density at radius 1 is 0.903 bits per heavy atom. The van der Waals surface area contributed by atoms with Gasteiger partial charge in [0.25, 0.3) is 0 Å². The molecule has 0 bridgehead atoms. The first kappa shape index (κ1) is 24.5. The standard InChI is InChI=1S/C24H32ClN3O3/c1-3-5-6-7-14-31-20-11-8-10-18(15-20)28-24(30)17-26-22-16-19(12-13-21(22)25)27-23(29)9-4-2/h8,10-13,15-16,26H,3-7,9,14,17H2,1-2H3,(H,27,29)(H,28,30). The van der Waals surface area contributed by atoms with Crippen LogP contribution in [0.3, 0.4) is 0 Å². The molecule has 0 radical (unpaired) electrons. The number of unbranched alkanes of at least 4 members (excludes halogenated alkanes) is 3. The van der Waals surface area contributed by atoms with Gasteiger partial charge in [0.05, 0.1) is 23.9 Å². The summed E-state index contributed by atoms with van der Waals surface area (Å²) < 4.78 is 5.76. The molecule has 0 fully saturated rings. The van der Waals surface area contributed by atoms with E-state index in [1.54, 1.807) is 18.2 Å². The summed E-state index contributed by atoms with van der Waals surface area (Å²) in [5, 5.41) is 9.16. The number of rotatable bonds is 13. The Labute approximate surface area is 189 Å². The van der Waals surface area contributed by atoms with Crippen LogP contribution in [0.4, 0.5) is 17.1 Å². The van der Waals surface area contributed by atoms with Crippen LogP contribution in [0, 0.1) is 0 Å². The molecule has 6 nitrogen and oxygen atoms in total. The molecule has 0 aliphatic heterocycles. The normalized spacial score (nSPS) is 10.4. The van der Waals surface area contributed by atoms with Crippen LogP contribution in [0.15, 0.2) is 42.5 Å². The van der Waals surface area contributed by atoms with Crippen LogP contribution in [0.25, 0.3) is 0 Å². The van der Waals surface area contributed by atoms with Crippen molar-refractivity contribution in [2.75, 3.05) is 29.1 Å². The van der Waals surface area contributed by atoms with Gasteiger partial charge < -0.3 is 20.7 Å². The van der Waals surface area contributed by atoms with Crippen molar-refractivity contribution in [3.63, 3.8) is 0 Å². The average Bonchev–Trinajstić information content (AvgIpc) is 2.74. The highest BCUT2D eigenvalue weighted by molar-refractivity contribution is 6.33. The van der Waals surface area contributed by atoms with E-state index in [1.165, 1.54) is 12.8 Å². The van der Waals surface area contributed by atoms with Crippen molar-refractivity contribution < 1.29 is 14.3 Å². The summed E-state index contributed by atoms with van der Waals surface area (Å²) in [6, 6.07) is 12.5. The maximum atomic E-state index is 12.4. The van der Waals surface area contributed by atoms with E-state index in [-0.39, 0.29) is 18.4 Å². The van der Waals surface area contributed by atoms with Gasteiger partial charge in [-0.2, -0.15) is 0 Å². The summed E-state index contributed by atoms with van der Waals surface area (Å²) in [7, 11) is 0. The fourth-order valence-electron chi connectivity index (χ4n) is 2.95. The fraction of sp³-hybridized carbons (Fsp3) is 0.417. The Balaban J connectivity index is 1.85. The molecule has 0 atom stereocenters. The zero-order chi connectivity index (χ0) is 22.5. The Bertz CT molecular complexity index is 858. The Hall–Kier alpha value is -2.73. The first-order valence-electron chi connectivity index (χ1n) is 10.9. The first-order valence-corrected chi connectivity index (χ1v) is 11.3. The number of carbonyl (C=O) groups is 2. The lowest BCUT2D eigenvalue weighted by atomic mass is 10.2. The molecule has 2 rings (SSSR count). The van der Waals surface area contributed by atoms with Crippen LogP contribution >= 0.6 is 11.6 Å². The largest absolute Gasteiger partial charge is 0.494 e. The Morgan fingerprint density at radius 3 is 2.45 bits per heavy atom. The van der Waals surface area contributed by atoms with E-state index < -0.39 is 0 Å². The van der Waals surface area contributed by atoms with Gasteiger partial charge in [0.1, 0.15) is 5.75 Å². The summed E-state index contributed by atoms with van der Waals surface area (Å²) >= 11 is 6.22. The third kappa shape index (κ3) is 9.30. The highest BCUT2D eigenvalue weighted by atomic mass is 35.5. The molecular formula is C24H32ClN3O3. The van der Waals surface area contributed by atoms with Crippen molar-refractivity contribution in [1.82, 2.24) is 0 Å². The fourth-order valence-corrected chi connectivity index (χ4v) is 3.14. The van der Waals surface area contributed by atoms with Crippen molar-refractivity contribution >= 4 is 40.5 Å². The summed E-state index contributed by atoms with van der Waals surface area (Å²) in [5.41, 5.74) is 1.88. The number of carbonyl (C=O) groups excluding carboxylic acids is 2. The zero-order valence-electron chi connectivity index (χ0n) is 18.3. The minimum atomic E-state index is -0.211. The van der Waals surface area contributed by atoms with E-state index in [0.29, 0.717) is 35.1 Å². The molecule has 31 heavy (non-hydrogen) atoms. The number of anilines is 3. The van der Waals surface area contributed by atoms with Gasteiger partial charge in [-0.25, -0.2) is 0 Å². The van der Waals surface area contributed by atoms with Crippen molar-refractivity contribution in [2.45, 2.75) is 52.4 Å². The molecule has 2 aromatic rings. The van der Waals surface area contributed by atoms with Gasteiger partial charge in [-0.15, -0.1) is 0 Å². The molecule has 7 heteroatoms. The third-order valence-electron chi connectivity index (χ3n) is 4.55. The second-order valence-corrected chi connectivity index (χ2v) is 7.74. The molecule has 168 valence electrons. The predicted octanol–water partition coefficient (Wildman–Crippen LogP) is 6.09. The van der Waals surface area contributed by atoms with Crippen LogP contribution in [0.2, 0.25) is 5.02 Å². The minimum absolute atomic E-state index is 0.0359. The SMILES string of the molecule is CCCCCCOc1cccc(NC(=O)CNc2cc(NC(=O)CCC)ccc2Cl)c1. The topological polar surface area (TPSA) is 79.5 Å². The number of nitrogens with one attached hydrogen (secondary N) is 3. The van der Waals surface area contributed by atoms with Crippen LogP contribution in [0.1, 0.15) is 52.4 Å². The van der Waals surface area contributed by atoms with E-state index in [0.717, 1.165) is 25.0 Å². The molecule has 0 aliphatic rings. The monoisotopic (exact) mass is 445 g/mol. The van der Waals surface area contributed by atoms with Gasteiger partial charge in [-0.1, -0.05) is 50.8 Å². The second kappa shape index (κ2) is 13.5. The summed E-state index contributed by atoms with van der Waals surface area (Å²) in [6.45, 7) is 4.83. The number of hydrogen-bond donors (Lipinski definition) is 3. The van der Waals surface area contributed by atoms with Gasteiger partial charge in [-0.05, 0) is 43.2 Å². The minimum Gasteiger partial charge on any atom is -0.494 e. The number of hydrogen-bond acceptors (Lipinski definition) is 4. The molecule has 0 heterocycles. The molecular weight excluding hydrogens is 414 g/mol. The van der Waals surface area contributed by atoms with Gasteiger partial charge in [0, 0.05) is 23.9 Å². The van der Waals surface area contributed by atoms with Gasteiger partial charge in [-0.3, -0.25) is 9.59 Å². The van der Waals surface area contributed by atoms with Crippen LogP contribution in [-0.4, -0.2) is 25.0 Å². The molecule has 0 spiro atoms. The third-order valence-corrected chi connectivity index (χ3v) is 4.88. The van der Waals surface area contributed by atoms with Gasteiger partial charge in [0.15, 0.2) is 0 Å². The van der Waals surface area contributed by atoms with Gasteiger partial charge in [0.2, 0.25) is 11.8 Å². The van der Waals surface area contributed by atoms with Crippen molar-refractivity contribution in [1.29, 1.82) is 0 Å². The van der Waals surface area contributed by atoms with E-state index in [4.69, 9.17) is 16.3 Å². The maximum absolute atomic E-state index is 12.4. The highest BCUT2D eigenvalue weighted by Crippen LogP contribution is 2.25. The summed E-state index contributed by atoms with van der Waals surface area (Å²) in [6.07, 6.45) is 5.81. The molecule has 2 amide bonds. The number of ether oxygens (including phenoxy) is 1. The number of amides is 2. The molecule has 0 aromatic heterocycles. The summed E-state index contributed by atoms with van der Waals surface area (Å²) in [5.74, 6) is 0.471. The lowest BCUT2D eigenvalue weighted by molar-refractivity contribution is -0.116. The van der Waals surface area contributed by atoms with E-state index in [2.05, 4.69) is 22.9 Å². The molecule has 3 N–H and O–H groups in total. The Morgan fingerprint density at radius 2 is 1.68 bits per heavy atom. The van der Waals surface area contributed by atoms with E-state index in [9.17, 15) is 9.59 Å². The summed E-state index contributed by atoms with van der Waals surface area (Å²) in [4.78, 5) is 24.1. The molecule has 0 unspecified atom stereocenters. The first-order chi connectivity index (χ1) is 15.0. The molecule has 0 aliphatic carbocycles. The highest BCUT2D eigenvalue weighted by Gasteiger charge is 2.08. The second-order valence-electron chi connectivity index (χ2n) is 7.33. The molecule has 0 saturated carbocycles. The predicted molar refractivity (Wildman–Crippen MR) is 128 cm³/mol. The maximum Gasteiger partial charge on any atom is 0.243 e. The van der Waals surface area contributed by atoms with Crippen LogP contribution in [0.5, 0.6) is 5.75 Å². The lowest BCUT2D eigenvalue weighted by Crippen LogP contribution is -2.22. The van der Waals surface area contributed by atoms with Crippen molar-refractivity contribution in [2.24, 2.45) is 0 Å². The zero-order valence-corrected chi connectivity index (χ0v) is 19.1.